The van der Waals surface area contributed by atoms with Crippen LogP contribution in [-0.2, 0) is 11.3 Å². The zero-order valence-corrected chi connectivity index (χ0v) is 17.1. The highest BCUT2D eigenvalue weighted by atomic mass is 35.5. The Hall–Kier alpha value is -3.16. The first-order valence-electron chi connectivity index (χ1n) is 9.92. The molecule has 4 aromatic heterocycles. The van der Waals surface area contributed by atoms with Crippen molar-refractivity contribution in [3.05, 3.63) is 77.6 Å². The molecule has 1 amide bonds. The molecule has 0 bridgehead atoms. The summed E-state index contributed by atoms with van der Waals surface area (Å²) in [6.07, 6.45) is 9.28. The molecular weight excluding hydrogens is 400 g/mol. The van der Waals surface area contributed by atoms with Crippen LogP contribution in [0, 0.1) is 0 Å². The molecule has 1 saturated heterocycles. The van der Waals surface area contributed by atoms with E-state index in [0.29, 0.717) is 23.9 Å². The van der Waals surface area contributed by atoms with E-state index in [1.54, 1.807) is 12.2 Å². The Morgan fingerprint density at radius 1 is 1.00 bits per heavy atom. The van der Waals surface area contributed by atoms with Gasteiger partial charge in [-0.15, -0.1) is 0 Å². The smallest absolute Gasteiger partial charge is 0.246 e. The molecule has 0 unspecified atom stereocenters. The molecule has 0 aliphatic carbocycles. The van der Waals surface area contributed by atoms with Gasteiger partial charge in [0, 0.05) is 57.4 Å². The van der Waals surface area contributed by atoms with Crippen LogP contribution in [0.25, 0.3) is 17.4 Å². The highest BCUT2D eigenvalue weighted by molar-refractivity contribution is 6.31. The van der Waals surface area contributed by atoms with Gasteiger partial charge in [-0.05, 0) is 30.3 Å². The summed E-state index contributed by atoms with van der Waals surface area (Å²) in [5, 5.41) is 0.391. The zero-order chi connectivity index (χ0) is 20.5. The van der Waals surface area contributed by atoms with Crippen molar-refractivity contribution in [2.45, 2.75) is 6.54 Å². The highest BCUT2D eigenvalue weighted by Gasteiger charge is 2.20. The Labute approximate surface area is 178 Å². The fraction of sp³-hybridized carbons (Fsp3) is 0.227. The largest absolute Gasteiger partial charge is 0.337 e. The highest BCUT2D eigenvalue weighted by Crippen LogP contribution is 2.19. The van der Waals surface area contributed by atoms with Gasteiger partial charge < -0.3 is 9.30 Å². The second kappa shape index (κ2) is 7.93. The predicted molar refractivity (Wildman–Crippen MR) is 116 cm³/mol. The first-order valence-corrected chi connectivity index (χ1v) is 10.3. The number of piperazine rings is 1. The lowest BCUT2D eigenvalue weighted by atomic mass is 10.2. The van der Waals surface area contributed by atoms with Crippen LogP contribution in [0.3, 0.4) is 0 Å². The third-order valence-corrected chi connectivity index (χ3v) is 5.67. The molecule has 1 aliphatic rings. The maximum Gasteiger partial charge on any atom is 0.246 e. The summed E-state index contributed by atoms with van der Waals surface area (Å²) in [6.45, 7) is 3.82. The molecular formula is C22H21ClN6O. The van der Waals surface area contributed by atoms with Crippen molar-refractivity contribution >= 4 is 34.9 Å². The van der Waals surface area contributed by atoms with Gasteiger partial charge in [-0.1, -0.05) is 23.7 Å². The molecule has 0 N–H and O–H groups in total. The predicted octanol–water partition coefficient (Wildman–Crippen LogP) is 2.99. The van der Waals surface area contributed by atoms with Crippen LogP contribution >= 0.6 is 11.6 Å². The Kier molecular flexibility index (Phi) is 4.98. The molecule has 30 heavy (non-hydrogen) atoms. The Morgan fingerprint density at radius 2 is 1.77 bits per heavy atom. The summed E-state index contributed by atoms with van der Waals surface area (Å²) < 4.78 is 3.91. The third kappa shape index (κ3) is 3.69. The van der Waals surface area contributed by atoms with Gasteiger partial charge in [-0.2, -0.15) is 0 Å². The molecule has 7 nitrogen and oxygen atoms in total. The molecule has 0 atom stereocenters. The van der Waals surface area contributed by atoms with Gasteiger partial charge in [0.2, 0.25) is 5.91 Å². The molecule has 152 valence electrons. The summed E-state index contributed by atoms with van der Waals surface area (Å²) in [5.74, 6) is -0.00988. The lowest BCUT2D eigenvalue weighted by Gasteiger charge is -2.33. The number of rotatable bonds is 4. The van der Waals surface area contributed by atoms with Crippen LogP contribution in [0.5, 0.6) is 0 Å². The van der Waals surface area contributed by atoms with Gasteiger partial charge in [0.25, 0.3) is 0 Å². The van der Waals surface area contributed by atoms with Gasteiger partial charge in [0.1, 0.15) is 11.3 Å². The van der Waals surface area contributed by atoms with Crippen LogP contribution in [0.4, 0.5) is 0 Å². The second-order valence-corrected chi connectivity index (χ2v) is 7.71. The summed E-state index contributed by atoms with van der Waals surface area (Å²) in [7, 11) is 0. The SMILES string of the molecule is O=C(/C=C/c1c(Cl)nc2ccccn12)N1CCN(Cc2cn3ccccc3n2)CC1. The number of amides is 1. The van der Waals surface area contributed by atoms with Crippen LogP contribution in [0.2, 0.25) is 5.15 Å². The first-order chi connectivity index (χ1) is 14.7. The number of fused-ring (bicyclic) bond motifs is 2. The number of aromatic nitrogens is 4. The van der Waals surface area contributed by atoms with Crippen molar-refractivity contribution < 1.29 is 4.79 Å². The fourth-order valence-corrected chi connectivity index (χ4v) is 4.05. The summed E-state index contributed by atoms with van der Waals surface area (Å²) >= 11 is 6.24. The molecule has 5 heterocycles. The minimum Gasteiger partial charge on any atom is -0.337 e. The molecule has 0 aromatic carbocycles. The van der Waals surface area contributed by atoms with E-state index in [9.17, 15) is 4.79 Å². The third-order valence-electron chi connectivity index (χ3n) is 5.39. The first kappa shape index (κ1) is 18.8. The number of imidazole rings is 2. The molecule has 8 heteroatoms. The van der Waals surface area contributed by atoms with Crippen LogP contribution in [0.1, 0.15) is 11.4 Å². The topological polar surface area (TPSA) is 58.2 Å². The minimum absolute atomic E-state index is 0.00988. The van der Waals surface area contributed by atoms with Gasteiger partial charge in [0.05, 0.1) is 11.4 Å². The lowest BCUT2D eigenvalue weighted by molar-refractivity contribution is -0.127. The summed E-state index contributed by atoms with van der Waals surface area (Å²) in [4.78, 5) is 25.8. The average molecular weight is 421 g/mol. The Balaban J connectivity index is 1.20. The number of carbonyl (C=O) groups is 1. The van der Waals surface area contributed by atoms with Gasteiger partial charge >= 0.3 is 0 Å². The molecule has 4 aromatic rings. The van der Waals surface area contributed by atoms with Crippen LogP contribution < -0.4 is 0 Å². The maximum atomic E-state index is 12.7. The molecule has 0 saturated carbocycles. The monoisotopic (exact) mass is 420 g/mol. The average Bonchev–Trinajstić information content (AvgIpc) is 3.31. The van der Waals surface area contributed by atoms with E-state index < -0.39 is 0 Å². The lowest BCUT2D eigenvalue weighted by Crippen LogP contribution is -2.47. The molecule has 5 rings (SSSR count). The van der Waals surface area contributed by atoms with E-state index in [4.69, 9.17) is 11.6 Å². The standard InChI is InChI=1S/C22H21ClN6O/c23-22-18(29-10-4-2-6-20(29)25-22)7-8-21(30)27-13-11-26(12-14-27)15-17-16-28-9-3-1-5-19(28)24-17/h1-10,16H,11-15H2/b8-7+. The van der Waals surface area contributed by atoms with E-state index in [1.807, 2.05) is 62.5 Å². The summed E-state index contributed by atoms with van der Waals surface area (Å²) in [6, 6.07) is 11.7. The molecule has 1 aliphatic heterocycles. The normalized spacial score (nSPS) is 15.6. The second-order valence-electron chi connectivity index (χ2n) is 7.35. The maximum absolute atomic E-state index is 12.7. The number of carbonyl (C=O) groups excluding carboxylic acids is 1. The van der Waals surface area contributed by atoms with Crippen molar-refractivity contribution in [1.82, 2.24) is 28.6 Å². The van der Waals surface area contributed by atoms with Crippen LogP contribution in [0.15, 0.2) is 61.1 Å². The Morgan fingerprint density at radius 3 is 2.57 bits per heavy atom. The van der Waals surface area contributed by atoms with Crippen molar-refractivity contribution in [2.24, 2.45) is 0 Å². The van der Waals surface area contributed by atoms with E-state index in [0.717, 1.165) is 36.6 Å². The fourth-order valence-electron chi connectivity index (χ4n) is 3.81. The molecule has 1 fully saturated rings. The van der Waals surface area contributed by atoms with E-state index >= 15 is 0 Å². The number of hydrogen-bond donors (Lipinski definition) is 0. The van der Waals surface area contributed by atoms with Gasteiger partial charge in [-0.25, -0.2) is 9.97 Å². The quantitative estimate of drug-likeness (QED) is 0.476. The van der Waals surface area contributed by atoms with E-state index in [-0.39, 0.29) is 5.91 Å². The number of hydrogen-bond acceptors (Lipinski definition) is 4. The number of halogens is 1. The van der Waals surface area contributed by atoms with E-state index in [1.165, 1.54) is 0 Å². The molecule has 0 radical (unpaired) electrons. The van der Waals surface area contributed by atoms with Crippen molar-refractivity contribution in [3.63, 3.8) is 0 Å². The van der Waals surface area contributed by atoms with E-state index in [2.05, 4.69) is 21.1 Å². The Bertz CT molecular complexity index is 1200. The number of pyridine rings is 2. The minimum atomic E-state index is -0.00988. The van der Waals surface area contributed by atoms with Crippen molar-refractivity contribution in [3.8, 4) is 0 Å². The number of nitrogens with zero attached hydrogens (tertiary/aromatic N) is 6. The van der Waals surface area contributed by atoms with Crippen LogP contribution in [-0.4, -0.2) is 60.7 Å². The van der Waals surface area contributed by atoms with Crippen molar-refractivity contribution in [2.75, 3.05) is 26.2 Å². The van der Waals surface area contributed by atoms with Gasteiger partial charge in [-0.3, -0.25) is 14.1 Å². The zero-order valence-electron chi connectivity index (χ0n) is 16.4. The molecule has 0 spiro atoms. The van der Waals surface area contributed by atoms with Crippen molar-refractivity contribution in [1.29, 1.82) is 0 Å². The summed E-state index contributed by atoms with van der Waals surface area (Å²) in [5.41, 5.74) is 3.47. The van der Waals surface area contributed by atoms with Gasteiger partial charge in [0.15, 0.2) is 5.15 Å².